The van der Waals surface area contributed by atoms with Crippen LogP contribution in [-0.2, 0) is 0 Å². The molecule has 0 saturated heterocycles. The van der Waals surface area contributed by atoms with Gasteiger partial charge in [0, 0.05) is 51.4 Å². The normalized spacial score (nSPS) is 8.45. The molecule has 1 N–H and O–H groups in total. The van der Waals surface area contributed by atoms with Gasteiger partial charge in [-0.15, -0.1) is 0 Å². The minimum absolute atomic E-state index is 0. The molecule has 0 amide bonds. The Balaban J connectivity index is 0.000001000. The van der Waals surface area contributed by atoms with Crippen LogP contribution in [0.15, 0.2) is 24.3 Å². The van der Waals surface area contributed by atoms with Crippen LogP contribution in [0.2, 0.25) is 5.02 Å². The van der Waals surface area contributed by atoms with Crippen LogP contribution in [-0.4, -0.2) is 62.5 Å². The molecule has 0 heterocycles. The van der Waals surface area contributed by atoms with Gasteiger partial charge in [-0.3, -0.25) is 0 Å². The number of hydrogen-bond acceptors (Lipinski definition) is 1. The maximum atomic E-state index is 10.3. The summed E-state index contributed by atoms with van der Waals surface area (Å²) in [4.78, 5) is 10.3. The number of carboxylic acids is 1. The van der Waals surface area contributed by atoms with E-state index in [2.05, 4.69) is 0 Å². The number of aromatic carboxylic acids is 1. The Morgan fingerprint density at radius 3 is 2.27 bits per heavy atom. The minimum Gasteiger partial charge on any atom is -0.478 e. The predicted octanol–water partition coefficient (Wildman–Crippen LogP) is 1.66. The monoisotopic (exact) mass is 195 g/mol. The van der Waals surface area contributed by atoms with Gasteiger partial charge in [-0.25, -0.2) is 4.79 Å². The number of benzene rings is 1. The van der Waals surface area contributed by atoms with E-state index in [0.717, 1.165) is 0 Å². The first-order chi connectivity index (χ1) is 4.72. The summed E-state index contributed by atoms with van der Waals surface area (Å²) < 4.78 is 0. The second-order valence-corrected chi connectivity index (χ2v) is 2.19. The van der Waals surface area contributed by atoms with E-state index >= 15 is 0 Å². The largest absolute Gasteiger partial charge is 0.478 e. The van der Waals surface area contributed by atoms with Gasteiger partial charge in [-0.1, -0.05) is 23.7 Å². The number of carboxylic acid groups (broad SMARTS) is 1. The number of hydrogen-bond donors (Lipinski definition) is 1. The number of rotatable bonds is 1. The van der Waals surface area contributed by atoms with Crippen LogP contribution in [0.3, 0.4) is 0 Å². The summed E-state index contributed by atoms with van der Waals surface area (Å²) in [5.41, 5.74) is 0.143. The molecular formula is C7H5ClKO2. The minimum atomic E-state index is -0.995. The molecule has 1 radical (unpaired) electrons. The second kappa shape index (κ2) is 5.30. The topological polar surface area (TPSA) is 37.3 Å². The van der Waals surface area contributed by atoms with Crippen molar-refractivity contribution in [3.05, 3.63) is 34.9 Å². The SMILES string of the molecule is O=C(O)c1ccccc1Cl.[K]. The zero-order valence-electron chi connectivity index (χ0n) is 6.04. The summed E-state index contributed by atoms with van der Waals surface area (Å²) in [7, 11) is 0. The van der Waals surface area contributed by atoms with Crippen molar-refractivity contribution in [2.75, 3.05) is 0 Å². The van der Waals surface area contributed by atoms with E-state index in [1.54, 1.807) is 18.2 Å². The number of halogens is 1. The van der Waals surface area contributed by atoms with Crippen LogP contribution >= 0.6 is 11.6 Å². The Labute approximate surface area is 112 Å². The Bertz CT molecular complexity index is 262. The van der Waals surface area contributed by atoms with Gasteiger partial charge >= 0.3 is 5.97 Å². The van der Waals surface area contributed by atoms with Gasteiger partial charge in [0.15, 0.2) is 0 Å². The molecule has 1 aromatic rings. The molecule has 0 aliphatic heterocycles. The third-order valence-corrected chi connectivity index (χ3v) is 1.43. The molecule has 0 fully saturated rings. The van der Waals surface area contributed by atoms with E-state index in [1.165, 1.54) is 6.07 Å². The van der Waals surface area contributed by atoms with Crippen LogP contribution in [0, 0.1) is 0 Å². The maximum Gasteiger partial charge on any atom is 0.337 e. The van der Waals surface area contributed by atoms with Crippen LogP contribution in [0.1, 0.15) is 10.4 Å². The van der Waals surface area contributed by atoms with E-state index in [9.17, 15) is 4.79 Å². The summed E-state index contributed by atoms with van der Waals surface area (Å²) in [5.74, 6) is -0.995. The van der Waals surface area contributed by atoms with Gasteiger partial charge in [0.05, 0.1) is 10.6 Å². The smallest absolute Gasteiger partial charge is 0.337 e. The maximum absolute atomic E-state index is 10.3. The Morgan fingerprint density at radius 1 is 1.36 bits per heavy atom. The molecule has 0 atom stereocenters. The fraction of sp³-hybridized carbons (Fsp3) is 0. The van der Waals surface area contributed by atoms with Crippen LogP contribution in [0.25, 0.3) is 0 Å². The molecule has 0 aromatic heterocycles. The first kappa shape index (κ1) is 11.6. The van der Waals surface area contributed by atoms with Gasteiger partial charge in [0.25, 0.3) is 0 Å². The van der Waals surface area contributed by atoms with Crippen molar-refractivity contribution in [2.24, 2.45) is 0 Å². The van der Waals surface area contributed by atoms with Crippen molar-refractivity contribution < 1.29 is 9.90 Å². The molecule has 1 aromatic carbocycles. The molecule has 4 heteroatoms. The second-order valence-electron chi connectivity index (χ2n) is 1.78. The Hall–Kier alpha value is 0.616. The summed E-state index contributed by atoms with van der Waals surface area (Å²) in [5, 5.41) is 8.75. The van der Waals surface area contributed by atoms with Crippen molar-refractivity contribution >= 4 is 69.0 Å². The fourth-order valence-corrected chi connectivity index (χ4v) is 0.851. The predicted molar refractivity (Wildman–Crippen MR) is 44.2 cm³/mol. The third kappa shape index (κ3) is 3.23. The van der Waals surface area contributed by atoms with Gasteiger partial charge in [-0.2, -0.15) is 0 Å². The standard InChI is InChI=1S/C7H5ClO2.K/c8-6-4-2-1-3-5(6)7(9)10;/h1-4H,(H,9,10);. The molecule has 0 aliphatic carbocycles. The van der Waals surface area contributed by atoms with E-state index in [1.807, 2.05) is 0 Å². The molecule has 1 rings (SSSR count). The average Bonchev–Trinajstić information content (AvgIpc) is 1.88. The van der Waals surface area contributed by atoms with Gasteiger partial charge in [-0.05, 0) is 12.1 Å². The molecule has 53 valence electrons. The van der Waals surface area contributed by atoms with Crippen molar-refractivity contribution in [1.29, 1.82) is 0 Å². The fourth-order valence-electron chi connectivity index (χ4n) is 0.635. The number of carbonyl (C=O) groups is 1. The summed E-state index contributed by atoms with van der Waals surface area (Å²) in [6.07, 6.45) is 0. The van der Waals surface area contributed by atoms with Crippen LogP contribution in [0.5, 0.6) is 0 Å². The molecular weight excluding hydrogens is 191 g/mol. The Kier molecular flexibility index (Phi) is 5.59. The third-order valence-electron chi connectivity index (χ3n) is 1.10. The summed E-state index contributed by atoms with van der Waals surface area (Å²) in [6.45, 7) is 0. The van der Waals surface area contributed by atoms with E-state index in [4.69, 9.17) is 16.7 Å². The Morgan fingerprint density at radius 2 is 1.91 bits per heavy atom. The first-order valence-electron chi connectivity index (χ1n) is 2.69. The average molecular weight is 196 g/mol. The first-order valence-corrected chi connectivity index (χ1v) is 3.07. The molecule has 11 heavy (non-hydrogen) atoms. The van der Waals surface area contributed by atoms with Gasteiger partial charge in [0.1, 0.15) is 0 Å². The molecule has 2 nitrogen and oxygen atoms in total. The van der Waals surface area contributed by atoms with E-state index in [0.29, 0.717) is 0 Å². The summed E-state index contributed by atoms with van der Waals surface area (Å²) >= 11 is 5.54. The molecule has 0 spiro atoms. The van der Waals surface area contributed by atoms with Crippen molar-refractivity contribution in [3.8, 4) is 0 Å². The molecule has 0 bridgehead atoms. The summed E-state index contributed by atoms with van der Waals surface area (Å²) in [6, 6.07) is 6.33. The molecule has 0 saturated carbocycles. The molecule has 0 unspecified atom stereocenters. The zero-order chi connectivity index (χ0) is 7.56. The van der Waals surface area contributed by atoms with Crippen molar-refractivity contribution in [1.82, 2.24) is 0 Å². The quantitative estimate of drug-likeness (QED) is 0.693. The van der Waals surface area contributed by atoms with E-state index in [-0.39, 0.29) is 62.0 Å². The van der Waals surface area contributed by atoms with Gasteiger partial charge < -0.3 is 5.11 Å². The van der Waals surface area contributed by atoms with Crippen LogP contribution < -0.4 is 0 Å². The molecule has 0 aliphatic rings. The van der Waals surface area contributed by atoms with Crippen molar-refractivity contribution in [3.63, 3.8) is 0 Å². The van der Waals surface area contributed by atoms with Crippen LogP contribution in [0.4, 0.5) is 0 Å². The van der Waals surface area contributed by atoms with Crippen molar-refractivity contribution in [2.45, 2.75) is 0 Å². The van der Waals surface area contributed by atoms with E-state index < -0.39 is 5.97 Å². The zero-order valence-corrected chi connectivity index (χ0v) is 9.92. The van der Waals surface area contributed by atoms with Gasteiger partial charge in [0.2, 0.25) is 0 Å².